The summed E-state index contributed by atoms with van der Waals surface area (Å²) in [7, 11) is -2.40. The minimum Gasteiger partial charge on any atom is -0.314 e. The molecule has 18 heavy (non-hydrogen) atoms. The second kappa shape index (κ2) is 7.18. The molecule has 96 valence electrons. The Morgan fingerprint density at radius 2 is 1.06 bits per heavy atom. The molecule has 0 N–H and O–H groups in total. The van der Waals surface area contributed by atoms with Crippen molar-refractivity contribution in [2.75, 3.05) is 6.66 Å². The van der Waals surface area contributed by atoms with Gasteiger partial charge in [0.05, 0.1) is 0 Å². The van der Waals surface area contributed by atoms with Crippen LogP contribution in [0.15, 0.2) is 60.7 Å². The van der Waals surface area contributed by atoms with Gasteiger partial charge in [-0.25, -0.2) is 0 Å². The molecule has 0 saturated heterocycles. The molecule has 0 atom stereocenters. The molecule has 2 heteroatoms. The van der Waals surface area contributed by atoms with Crippen LogP contribution in [0.4, 0.5) is 0 Å². The Morgan fingerprint density at radius 3 is 1.33 bits per heavy atom. The van der Waals surface area contributed by atoms with Gasteiger partial charge in [0.15, 0.2) is 0 Å². The molecule has 2 rings (SSSR count). The van der Waals surface area contributed by atoms with Crippen molar-refractivity contribution in [2.45, 2.75) is 20.3 Å². The van der Waals surface area contributed by atoms with Crippen molar-refractivity contribution < 1.29 is 4.57 Å². The summed E-state index contributed by atoms with van der Waals surface area (Å²) in [5, 5.41) is 1.83. The zero-order valence-electron chi connectivity index (χ0n) is 11.3. The molecule has 0 saturated carbocycles. The average molecular weight is 260 g/mol. The summed E-state index contributed by atoms with van der Waals surface area (Å²) < 4.78 is 12.6. The van der Waals surface area contributed by atoms with Crippen LogP contribution in [0.3, 0.4) is 0 Å². The number of rotatable bonds is 2. The lowest BCUT2D eigenvalue weighted by Gasteiger charge is -2.13. The van der Waals surface area contributed by atoms with E-state index in [0.29, 0.717) is 0 Å². The molecule has 0 spiro atoms. The van der Waals surface area contributed by atoms with E-state index in [1.54, 1.807) is 0 Å². The summed E-state index contributed by atoms with van der Waals surface area (Å²) in [6.45, 7) is 6.07. The highest BCUT2D eigenvalue weighted by Gasteiger charge is 2.19. The third-order valence-corrected chi connectivity index (χ3v) is 5.06. The molecule has 0 aliphatic rings. The molecular weight excluding hydrogens is 239 g/mol. The minimum atomic E-state index is -2.40. The maximum absolute atomic E-state index is 12.6. The van der Waals surface area contributed by atoms with E-state index in [4.69, 9.17) is 0 Å². The van der Waals surface area contributed by atoms with Crippen LogP contribution in [0.5, 0.6) is 0 Å². The number of hydrogen-bond acceptors (Lipinski definition) is 1. The first-order valence-electron chi connectivity index (χ1n) is 6.31. The Morgan fingerprint density at radius 1 is 0.778 bits per heavy atom. The fraction of sp³-hybridized carbons (Fsp3) is 0.250. The number of hydrogen-bond donors (Lipinski definition) is 0. The molecule has 0 aliphatic carbocycles. The predicted octanol–water partition coefficient (Wildman–Crippen LogP) is 4.05. The third-order valence-electron chi connectivity index (χ3n) is 2.50. The van der Waals surface area contributed by atoms with Crippen molar-refractivity contribution in [3.8, 4) is 0 Å². The van der Waals surface area contributed by atoms with Crippen LogP contribution in [0.2, 0.25) is 0 Å². The second-order valence-corrected chi connectivity index (χ2v) is 7.18. The molecule has 0 heterocycles. The van der Waals surface area contributed by atoms with Gasteiger partial charge in [-0.1, -0.05) is 80.9 Å². The first-order chi connectivity index (χ1) is 8.62. The molecule has 0 bridgehead atoms. The zero-order chi connectivity index (χ0) is 13.4. The fourth-order valence-electron chi connectivity index (χ4n) is 1.57. The first kappa shape index (κ1) is 14.7. The molecule has 2 aromatic carbocycles. The van der Waals surface area contributed by atoms with E-state index >= 15 is 0 Å². The van der Waals surface area contributed by atoms with Crippen molar-refractivity contribution in [1.29, 1.82) is 0 Å². The van der Waals surface area contributed by atoms with Gasteiger partial charge in [-0.3, -0.25) is 0 Å². The van der Waals surface area contributed by atoms with Crippen molar-refractivity contribution >= 4 is 17.8 Å². The SMILES string of the molecule is CCC.CP(=O)(c1ccccc1)c1ccccc1. The van der Waals surface area contributed by atoms with Crippen LogP contribution in [0.25, 0.3) is 0 Å². The highest BCUT2D eigenvalue weighted by atomic mass is 31.2. The van der Waals surface area contributed by atoms with Crippen molar-refractivity contribution in [1.82, 2.24) is 0 Å². The zero-order valence-corrected chi connectivity index (χ0v) is 12.2. The van der Waals surface area contributed by atoms with E-state index in [9.17, 15) is 4.57 Å². The number of benzene rings is 2. The van der Waals surface area contributed by atoms with E-state index in [0.717, 1.165) is 10.6 Å². The molecule has 0 aliphatic heterocycles. The van der Waals surface area contributed by atoms with Gasteiger partial charge in [0.25, 0.3) is 0 Å². The van der Waals surface area contributed by atoms with E-state index in [1.165, 1.54) is 6.42 Å². The van der Waals surface area contributed by atoms with Crippen LogP contribution >= 0.6 is 7.14 Å². The normalized spacial score (nSPS) is 10.4. The van der Waals surface area contributed by atoms with Crippen LogP contribution in [-0.4, -0.2) is 6.66 Å². The molecule has 0 radical (unpaired) electrons. The summed E-state index contributed by atoms with van der Waals surface area (Å²) in [6.07, 6.45) is 1.25. The highest BCUT2D eigenvalue weighted by molar-refractivity contribution is 7.78. The Hall–Kier alpha value is -1.33. The van der Waals surface area contributed by atoms with Gasteiger partial charge in [0.1, 0.15) is 7.14 Å². The third kappa shape index (κ3) is 3.85. The molecule has 0 unspecified atom stereocenters. The lowest BCUT2D eigenvalue weighted by atomic mass is 10.4. The van der Waals surface area contributed by atoms with Gasteiger partial charge in [-0.05, 0) is 6.66 Å². The van der Waals surface area contributed by atoms with E-state index in [2.05, 4.69) is 13.8 Å². The second-order valence-electron chi connectivity index (χ2n) is 4.30. The summed E-state index contributed by atoms with van der Waals surface area (Å²) >= 11 is 0. The predicted molar refractivity (Wildman–Crippen MR) is 81.6 cm³/mol. The first-order valence-corrected chi connectivity index (χ1v) is 8.47. The van der Waals surface area contributed by atoms with E-state index in [1.807, 2.05) is 67.3 Å². The van der Waals surface area contributed by atoms with Gasteiger partial charge in [-0.2, -0.15) is 0 Å². The molecule has 2 aromatic rings. The Bertz CT molecular complexity index is 448. The Labute approximate surface area is 110 Å². The van der Waals surface area contributed by atoms with Crippen LogP contribution in [0.1, 0.15) is 20.3 Å². The summed E-state index contributed by atoms with van der Waals surface area (Å²) in [5.74, 6) is 0. The minimum absolute atomic E-state index is 0.913. The molecule has 0 amide bonds. The Balaban J connectivity index is 0.000000492. The largest absolute Gasteiger partial charge is 0.314 e. The molecule has 0 aromatic heterocycles. The van der Waals surface area contributed by atoms with Crippen molar-refractivity contribution in [2.24, 2.45) is 0 Å². The highest BCUT2D eigenvalue weighted by Crippen LogP contribution is 2.38. The maximum atomic E-state index is 12.6. The summed E-state index contributed by atoms with van der Waals surface area (Å²) in [6, 6.07) is 19.3. The molecule has 1 nitrogen and oxygen atoms in total. The quantitative estimate of drug-likeness (QED) is 0.745. The van der Waals surface area contributed by atoms with Crippen molar-refractivity contribution in [3.05, 3.63) is 60.7 Å². The molecular formula is C16H21OP. The summed E-state index contributed by atoms with van der Waals surface area (Å²) in [5.41, 5.74) is 0. The lowest BCUT2D eigenvalue weighted by Crippen LogP contribution is -2.14. The Kier molecular flexibility index (Phi) is 5.88. The maximum Gasteiger partial charge on any atom is 0.140 e. The van der Waals surface area contributed by atoms with Gasteiger partial charge < -0.3 is 4.57 Å². The van der Waals surface area contributed by atoms with Gasteiger partial charge >= 0.3 is 0 Å². The molecule has 0 fully saturated rings. The summed E-state index contributed by atoms with van der Waals surface area (Å²) in [4.78, 5) is 0. The topological polar surface area (TPSA) is 17.1 Å². The lowest BCUT2D eigenvalue weighted by molar-refractivity contribution is 0.590. The van der Waals surface area contributed by atoms with Gasteiger partial charge in [0.2, 0.25) is 0 Å². The fourth-order valence-corrected chi connectivity index (χ4v) is 3.35. The van der Waals surface area contributed by atoms with Crippen LogP contribution < -0.4 is 10.6 Å². The monoisotopic (exact) mass is 260 g/mol. The van der Waals surface area contributed by atoms with Gasteiger partial charge in [0, 0.05) is 10.6 Å². The average Bonchev–Trinajstić information content (AvgIpc) is 2.42. The van der Waals surface area contributed by atoms with Crippen LogP contribution in [-0.2, 0) is 4.57 Å². The van der Waals surface area contributed by atoms with E-state index < -0.39 is 7.14 Å². The van der Waals surface area contributed by atoms with Crippen LogP contribution in [0, 0.1) is 0 Å². The standard InChI is InChI=1S/C13H13OP.C3H8/c1-15(14,12-8-4-2-5-9-12)13-10-6-3-7-11-13;1-3-2/h2-11H,1H3;3H2,1-2H3. The van der Waals surface area contributed by atoms with Gasteiger partial charge in [-0.15, -0.1) is 0 Å². The smallest absolute Gasteiger partial charge is 0.140 e. The van der Waals surface area contributed by atoms with Crippen molar-refractivity contribution in [3.63, 3.8) is 0 Å². The van der Waals surface area contributed by atoms with E-state index in [-0.39, 0.29) is 0 Å².